The maximum atomic E-state index is 3.72. The smallest absolute Gasteiger partial charge is 0.00278 e. The highest BCUT2D eigenvalue weighted by molar-refractivity contribution is 5.15. The van der Waals surface area contributed by atoms with E-state index in [-0.39, 0.29) is 0 Å². The zero-order valence-corrected chi connectivity index (χ0v) is 7.15. The molecule has 0 saturated heterocycles. The minimum atomic E-state index is 0.706. The number of nitrogens with one attached hydrogen (secondary N) is 1. The van der Waals surface area contributed by atoms with E-state index in [1.165, 1.54) is 5.57 Å². The number of hydrogen-bond donors (Lipinski definition) is 1. The first kappa shape index (κ1) is 9.28. The summed E-state index contributed by atoms with van der Waals surface area (Å²) in [7, 11) is 1.91. The topological polar surface area (TPSA) is 12.0 Å². The van der Waals surface area contributed by atoms with Crippen LogP contribution in [0.1, 0.15) is 20.3 Å². The molecule has 0 amide bonds. The van der Waals surface area contributed by atoms with Crippen LogP contribution in [0.5, 0.6) is 0 Å². The average Bonchev–Trinajstić information content (AvgIpc) is 1.86. The minimum absolute atomic E-state index is 0.706. The van der Waals surface area contributed by atoms with E-state index in [1.807, 2.05) is 19.3 Å². The largest absolute Gasteiger partial charge is 0.394 e. The van der Waals surface area contributed by atoms with E-state index in [0.29, 0.717) is 5.92 Å². The van der Waals surface area contributed by atoms with Gasteiger partial charge in [-0.3, -0.25) is 0 Å². The molecule has 0 spiro atoms. The van der Waals surface area contributed by atoms with Crippen LogP contribution in [0.3, 0.4) is 0 Å². The van der Waals surface area contributed by atoms with Gasteiger partial charge in [-0.1, -0.05) is 26.5 Å². The molecule has 0 heterocycles. The van der Waals surface area contributed by atoms with Gasteiger partial charge in [-0.2, -0.15) is 0 Å². The van der Waals surface area contributed by atoms with E-state index >= 15 is 0 Å². The van der Waals surface area contributed by atoms with E-state index < -0.39 is 0 Å². The van der Waals surface area contributed by atoms with Crippen LogP contribution in [0, 0.1) is 5.92 Å². The van der Waals surface area contributed by atoms with Crippen LogP contribution in [0.15, 0.2) is 24.4 Å². The molecule has 0 aromatic rings. The van der Waals surface area contributed by atoms with E-state index in [1.54, 1.807) is 0 Å². The van der Waals surface area contributed by atoms with Crippen molar-refractivity contribution in [1.29, 1.82) is 0 Å². The predicted molar refractivity (Wildman–Crippen MR) is 46.8 cm³/mol. The third-order valence-electron chi connectivity index (χ3n) is 1.24. The lowest BCUT2D eigenvalue weighted by molar-refractivity contribution is 0.647. The van der Waals surface area contributed by atoms with Gasteiger partial charge in [-0.15, -0.1) is 0 Å². The van der Waals surface area contributed by atoms with Crippen molar-refractivity contribution in [3.8, 4) is 0 Å². The van der Waals surface area contributed by atoms with Crippen molar-refractivity contribution < 1.29 is 0 Å². The number of hydrogen-bond acceptors (Lipinski definition) is 1. The van der Waals surface area contributed by atoms with Crippen LogP contribution in [0.4, 0.5) is 0 Å². The zero-order valence-electron chi connectivity index (χ0n) is 7.15. The Labute approximate surface area is 63.8 Å². The number of allylic oxidation sites excluding steroid dienone is 2. The van der Waals surface area contributed by atoms with Gasteiger partial charge in [0.1, 0.15) is 0 Å². The normalized spacial score (nSPS) is 11.8. The first-order valence-electron chi connectivity index (χ1n) is 3.69. The van der Waals surface area contributed by atoms with Gasteiger partial charge in [0.15, 0.2) is 0 Å². The van der Waals surface area contributed by atoms with Crippen LogP contribution in [-0.4, -0.2) is 7.05 Å². The molecule has 0 radical (unpaired) electrons. The summed E-state index contributed by atoms with van der Waals surface area (Å²) >= 11 is 0. The van der Waals surface area contributed by atoms with Gasteiger partial charge in [0, 0.05) is 7.05 Å². The molecule has 1 N–H and O–H groups in total. The maximum Gasteiger partial charge on any atom is 0.00278 e. The molecule has 10 heavy (non-hydrogen) atoms. The van der Waals surface area contributed by atoms with E-state index in [2.05, 4.69) is 25.7 Å². The van der Waals surface area contributed by atoms with Crippen molar-refractivity contribution in [1.82, 2.24) is 5.32 Å². The van der Waals surface area contributed by atoms with E-state index in [9.17, 15) is 0 Å². The second-order valence-corrected chi connectivity index (χ2v) is 2.81. The van der Waals surface area contributed by atoms with Gasteiger partial charge in [0.25, 0.3) is 0 Å². The minimum Gasteiger partial charge on any atom is -0.394 e. The molecular formula is C9H17N. The van der Waals surface area contributed by atoms with Gasteiger partial charge < -0.3 is 5.32 Å². The fraction of sp³-hybridized carbons (Fsp3) is 0.556. The van der Waals surface area contributed by atoms with Crippen molar-refractivity contribution >= 4 is 0 Å². The summed E-state index contributed by atoms with van der Waals surface area (Å²) in [5.41, 5.74) is 1.28. The summed E-state index contributed by atoms with van der Waals surface area (Å²) in [4.78, 5) is 0. The van der Waals surface area contributed by atoms with Gasteiger partial charge in [-0.25, -0.2) is 0 Å². The van der Waals surface area contributed by atoms with Gasteiger partial charge in [0.05, 0.1) is 0 Å². The molecule has 0 bridgehead atoms. The Hall–Kier alpha value is -0.720. The molecule has 0 aliphatic rings. The molecule has 0 fully saturated rings. The van der Waals surface area contributed by atoms with Crippen molar-refractivity contribution in [3.05, 3.63) is 24.4 Å². The van der Waals surface area contributed by atoms with E-state index in [0.717, 1.165) is 6.42 Å². The lowest BCUT2D eigenvalue weighted by atomic mass is 10.0. The van der Waals surface area contributed by atoms with Crippen molar-refractivity contribution in [2.24, 2.45) is 5.92 Å². The monoisotopic (exact) mass is 139 g/mol. The molecule has 0 rings (SSSR count). The van der Waals surface area contributed by atoms with Gasteiger partial charge in [-0.05, 0) is 24.1 Å². The first-order chi connectivity index (χ1) is 4.70. The third-order valence-corrected chi connectivity index (χ3v) is 1.24. The van der Waals surface area contributed by atoms with E-state index in [4.69, 9.17) is 0 Å². The fourth-order valence-corrected chi connectivity index (χ4v) is 0.858. The summed E-state index contributed by atoms with van der Waals surface area (Å²) < 4.78 is 0. The number of rotatable bonds is 4. The lowest BCUT2D eigenvalue weighted by Crippen LogP contribution is -1.97. The average molecular weight is 139 g/mol. The summed E-state index contributed by atoms with van der Waals surface area (Å²) in [5, 5.41) is 2.99. The van der Waals surface area contributed by atoms with Gasteiger partial charge in [0.2, 0.25) is 0 Å². The van der Waals surface area contributed by atoms with Crippen molar-refractivity contribution in [2.75, 3.05) is 7.05 Å². The standard InChI is InChI=1S/C9H17N/c1-5-9(7-10-4)6-8(2)3/h5,7-8,10H,1,6H2,2-4H3/b9-7+. The Morgan fingerprint density at radius 1 is 1.60 bits per heavy atom. The Morgan fingerprint density at radius 3 is 2.50 bits per heavy atom. The van der Waals surface area contributed by atoms with Crippen LogP contribution >= 0.6 is 0 Å². The van der Waals surface area contributed by atoms with Gasteiger partial charge >= 0.3 is 0 Å². The summed E-state index contributed by atoms with van der Waals surface area (Å²) in [6.45, 7) is 8.13. The molecule has 58 valence electrons. The molecule has 1 heteroatoms. The SMILES string of the molecule is C=C/C(=C\NC)CC(C)C. The van der Waals surface area contributed by atoms with Crippen LogP contribution in [0.25, 0.3) is 0 Å². The Morgan fingerprint density at radius 2 is 2.20 bits per heavy atom. The zero-order chi connectivity index (χ0) is 7.98. The molecule has 0 aromatic heterocycles. The summed E-state index contributed by atoms with van der Waals surface area (Å²) in [6, 6.07) is 0. The molecule has 1 nitrogen and oxygen atoms in total. The molecule has 0 atom stereocenters. The molecule has 0 unspecified atom stereocenters. The van der Waals surface area contributed by atoms with Crippen LogP contribution in [0.2, 0.25) is 0 Å². The van der Waals surface area contributed by atoms with Crippen LogP contribution < -0.4 is 5.32 Å². The summed E-state index contributed by atoms with van der Waals surface area (Å²) in [6.07, 6.45) is 4.99. The highest BCUT2D eigenvalue weighted by Gasteiger charge is 1.95. The maximum absolute atomic E-state index is 3.72. The molecule has 0 aromatic carbocycles. The Balaban J connectivity index is 3.83. The molecule has 0 saturated carbocycles. The first-order valence-corrected chi connectivity index (χ1v) is 3.69. The lowest BCUT2D eigenvalue weighted by Gasteiger charge is -2.04. The molecule has 0 aliphatic heterocycles. The molecular weight excluding hydrogens is 122 g/mol. The fourth-order valence-electron chi connectivity index (χ4n) is 0.858. The van der Waals surface area contributed by atoms with Crippen molar-refractivity contribution in [3.63, 3.8) is 0 Å². The highest BCUT2D eigenvalue weighted by atomic mass is 14.8. The second-order valence-electron chi connectivity index (χ2n) is 2.81. The van der Waals surface area contributed by atoms with Crippen LogP contribution in [-0.2, 0) is 0 Å². The predicted octanol–water partition coefficient (Wildman–Crippen LogP) is 2.32. The highest BCUT2D eigenvalue weighted by Crippen LogP contribution is 2.09. The Bertz CT molecular complexity index is 123. The third kappa shape index (κ3) is 4.19. The quantitative estimate of drug-likeness (QED) is 0.589. The molecule has 0 aliphatic carbocycles. The van der Waals surface area contributed by atoms with Crippen molar-refractivity contribution in [2.45, 2.75) is 20.3 Å². The second kappa shape index (κ2) is 5.10. The summed E-state index contributed by atoms with van der Waals surface area (Å²) in [5.74, 6) is 0.706. The Kier molecular flexibility index (Phi) is 4.73.